The third-order valence-electron chi connectivity index (χ3n) is 1.81. The predicted octanol–water partition coefficient (Wildman–Crippen LogP) is 2.43. The predicted molar refractivity (Wildman–Crippen MR) is 55.5 cm³/mol. The molecule has 0 aromatic heterocycles. The third kappa shape index (κ3) is 2.02. The highest BCUT2D eigenvalue weighted by molar-refractivity contribution is 9.10. The summed E-state index contributed by atoms with van der Waals surface area (Å²) >= 11 is 3.01. The maximum atomic E-state index is 11.1. The van der Waals surface area contributed by atoms with E-state index in [4.69, 9.17) is 5.26 Å². The van der Waals surface area contributed by atoms with Gasteiger partial charge in [0.1, 0.15) is 11.6 Å². The van der Waals surface area contributed by atoms with E-state index in [1.807, 2.05) is 0 Å². The van der Waals surface area contributed by atoms with E-state index in [-0.39, 0.29) is 27.1 Å². The lowest BCUT2D eigenvalue weighted by atomic mass is 10.1. The molecule has 0 N–H and O–H groups in total. The van der Waals surface area contributed by atoms with E-state index in [0.29, 0.717) is 0 Å². The van der Waals surface area contributed by atoms with E-state index in [1.54, 1.807) is 6.07 Å². The smallest absolute Gasteiger partial charge is 0.288 e. The molecule has 0 heterocycles. The highest BCUT2D eigenvalue weighted by Crippen LogP contribution is 2.29. The number of hydrogen-bond acceptors (Lipinski definition) is 4. The van der Waals surface area contributed by atoms with Gasteiger partial charge in [-0.3, -0.25) is 14.9 Å². The van der Waals surface area contributed by atoms with E-state index >= 15 is 0 Å². The van der Waals surface area contributed by atoms with Crippen LogP contribution in [-0.4, -0.2) is 10.7 Å². The molecule has 0 aliphatic carbocycles. The quantitative estimate of drug-likeness (QED) is 0.469. The Morgan fingerprint density at radius 1 is 1.60 bits per heavy atom. The molecule has 0 saturated carbocycles. The van der Waals surface area contributed by atoms with Gasteiger partial charge in [-0.25, -0.2) is 0 Å². The van der Waals surface area contributed by atoms with Gasteiger partial charge >= 0.3 is 0 Å². The first-order chi connectivity index (χ1) is 6.99. The summed E-state index contributed by atoms with van der Waals surface area (Å²) in [4.78, 5) is 21.0. The van der Waals surface area contributed by atoms with Crippen molar-refractivity contribution in [2.75, 3.05) is 0 Å². The van der Waals surface area contributed by atoms with Crippen molar-refractivity contribution < 1.29 is 9.72 Å². The molecule has 0 radical (unpaired) electrons. The molecule has 1 aromatic rings. The van der Waals surface area contributed by atoms with Crippen molar-refractivity contribution in [3.05, 3.63) is 37.8 Å². The molecule has 1 aromatic carbocycles. The average Bonchev–Trinajstić information content (AvgIpc) is 2.16. The van der Waals surface area contributed by atoms with Crippen LogP contribution in [0.15, 0.2) is 16.6 Å². The fraction of sp³-hybridized carbons (Fsp3) is 0.111. The Labute approximate surface area is 93.6 Å². The molecule has 76 valence electrons. The molecule has 0 amide bonds. The summed E-state index contributed by atoms with van der Waals surface area (Å²) in [6.07, 6.45) is 0. The van der Waals surface area contributed by atoms with Gasteiger partial charge in [-0.2, -0.15) is 5.26 Å². The second-order valence-electron chi connectivity index (χ2n) is 2.75. The summed E-state index contributed by atoms with van der Waals surface area (Å²) in [6.45, 7) is 1.33. The fourth-order valence-electron chi connectivity index (χ4n) is 1.10. The number of Topliss-reactive ketones (excluding diaryl/α,β-unsaturated/α-hetero) is 1. The van der Waals surface area contributed by atoms with Gasteiger partial charge < -0.3 is 0 Å². The lowest BCUT2D eigenvalue weighted by Gasteiger charge is -2.02. The highest BCUT2D eigenvalue weighted by atomic mass is 79.9. The number of nitriles is 1. The first-order valence-corrected chi connectivity index (χ1v) is 4.66. The molecule has 0 fully saturated rings. The summed E-state index contributed by atoms with van der Waals surface area (Å²) < 4.78 is 0.173. The van der Waals surface area contributed by atoms with E-state index in [9.17, 15) is 14.9 Å². The number of halogens is 1. The Kier molecular flexibility index (Phi) is 3.17. The molecule has 5 nitrogen and oxygen atoms in total. The summed E-state index contributed by atoms with van der Waals surface area (Å²) in [5, 5.41) is 19.3. The van der Waals surface area contributed by atoms with E-state index in [1.165, 1.54) is 13.0 Å². The van der Waals surface area contributed by atoms with Crippen LogP contribution in [0.5, 0.6) is 0 Å². The Morgan fingerprint density at radius 2 is 2.20 bits per heavy atom. The molecular formula is C9H5BrN2O3. The second kappa shape index (κ2) is 4.19. The minimum absolute atomic E-state index is 0.132. The standard InChI is InChI=1S/C9H5BrN2O3/c1-5(13)6-2-3-8(12(14)15)7(4-11)9(6)10/h2-3H,1H3. The van der Waals surface area contributed by atoms with E-state index < -0.39 is 4.92 Å². The number of ketones is 1. The summed E-state index contributed by atoms with van der Waals surface area (Å²) in [5.74, 6) is -0.256. The third-order valence-corrected chi connectivity index (χ3v) is 2.63. The van der Waals surface area contributed by atoms with Gasteiger partial charge in [0.05, 0.1) is 9.40 Å². The zero-order chi connectivity index (χ0) is 11.6. The van der Waals surface area contributed by atoms with Gasteiger partial charge in [-0.15, -0.1) is 0 Å². The summed E-state index contributed by atoms with van der Waals surface area (Å²) in [7, 11) is 0. The van der Waals surface area contributed by atoms with Crippen LogP contribution in [0.1, 0.15) is 22.8 Å². The zero-order valence-electron chi connectivity index (χ0n) is 7.65. The Bertz CT molecular complexity index is 491. The maximum absolute atomic E-state index is 11.1. The maximum Gasteiger partial charge on any atom is 0.288 e. The molecule has 1 rings (SSSR count). The van der Waals surface area contributed by atoms with Crippen LogP contribution in [0.25, 0.3) is 0 Å². The summed E-state index contributed by atoms with van der Waals surface area (Å²) in [6, 6.07) is 4.18. The number of benzene rings is 1. The lowest BCUT2D eigenvalue weighted by molar-refractivity contribution is -0.385. The normalized spacial score (nSPS) is 9.40. The number of nitro groups is 1. The minimum atomic E-state index is -0.659. The van der Waals surface area contributed by atoms with Crippen molar-refractivity contribution in [2.45, 2.75) is 6.92 Å². The van der Waals surface area contributed by atoms with Crippen LogP contribution < -0.4 is 0 Å². The largest absolute Gasteiger partial charge is 0.294 e. The number of carbonyl (C=O) groups is 1. The van der Waals surface area contributed by atoms with Gasteiger partial charge in [0, 0.05) is 11.6 Å². The molecule has 0 aliphatic heterocycles. The number of nitro benzene ring substituents is 1. The van der Waals surface area contributed by atoms with Crippen LogP contribution in [0.2, 0.25) is 0 Å². The van der Waals surface area contributed by atoms with Crippen molar-refractivity contribution in [1.82, 2.24) is 0 Å². The molecule has 0 unspecified atom stereocenters. The Hall–Kier alpha value is -1.74. The van der Waals surface area contributed by atoms with Crippen molar-refractivity contribution in [3.63, 3.8) is 0 Å². The summed E-state index contributed by atoms with van der Waals surface area (Å²) in [5.41, 5.74) is -0.181. The number of hydrogen-bond donors (Lipinski definition) is 0. The molecule has 6 heteroatoms. The minimum Gasteiger partial charge on any atom is -0.294 e. The Balaban J connectivity index is 3.55. The van der Waals surface area contributed by atoms with Gasteiger partial charge in [0.25, 0.3) is 5.69 Å². The number of rotatable bonds is 2. The molecule has 0 bridgehead atoms. The lowest BCUT2D eigenvalue weighted by Crippen LogP contribution is -1.99. The molecular weight excluding hydrogens is 264 g/mol. The second-order valence-corrected chi connectivity index (χ2v) is 3.54. The SMILES string of the molecule is CC(=O)c1ccc([N+](=O)[O-])c(C#N)c1Br. The van der Waals surface area contributed by atoms with Crippen molar-refractivity contribution in [1.29, 1.82) is 5.26 Å². The van der Waals surface area contributed by atoms with Crippen molar-refractivity contribution in [3.8, 4) is 6.07 Å². The zero-order valence-corrected chi connectivity index (χ0v) is 9.24. The first kappa shape index (κ1) is 11.3. The van der Waals surface area contributed by atoms with Crippen molar-refractivity contribution in [2.24, 2.45) is 0 Å². The van der Waals surface area contributed by atoms with Gasteiger partial charge in [-0.05, 0) is 28.9 Å². The van der Waals surface area contributed by atoms with E-state index in [0.717, 1.165) is 6.07 Å². The van der Waals surface area contributed by atoms with Gasteiger partial charge in [0.2, 0.25) is 0 Å². The van der Waals surface area contributed by atoms with Crippen molar-refractivity contribution >= 4 is 27.4 Å². The average molecular weight is 269 g/mol. The Morgan fingerprint density at radius 3 is 2.60 bits per heavy atom. The molecule has 0 aliphatic rings. The topological polar surface area (TPSA) is 84.0 Å². The molecule has 0 atom stereocenters. The van der Waals surface area contributed by atoms with Gasteiger partial charge in [-0.1, -0.05) is 0 Å². The molecule has 0 saturated heterocycles. The fourth-order valence-corrected chi connectivity index (χ4v) is 1.80. The van der Waals surface area contributed by atoms with Crippen LogP contribution in [0, 0.1) is 21.4 Å². The molecule has 15 heavy (non-hydrogen) atoms. The number of nitrogens with zero attached hydrogens (tertiary/aromatic N) is 2. The van der Waals surface area contributed by atoms with E-state index in [2.05, 4.69) is 15.9 Å². The van der Waals surface area contributed by atoms with Crippen LogP contribution in [-0.2, 0) is 0 Å². The monoisotopic (exact) mass is 268 g/mol. The van der Waals surface area contributed by atoms with Crippen LogP contribution in [0.3, 0.4) is 0 Å². The number of carbonyl (C=O) groups excluding carboxylic acids is 1. The first-order valence-electron chi connectivity index (χ1n) is 3.87. The van der Waals surface area contributed by atoms with Crippen LogP contribution >= 0.6 is 15.9 Å². The highest BCUT2D eigenvalue weighted by Gasteiger charge is 2.20. The van der Waals surface area contributed by atoms with Gasteiger partial charge in [0.15, 0.2) is 5.78 Å². The van der Waals surface area contributed by atoms with Crippen LogP contribution in [0.4, 0.5) is 5.69 Å². The molecule has 0 spiro atoms.